The first kappa shape index (κ1) is 32.4. The van der Waals surface area contributed by atoms with Gasteiger partial charge >= 0.3 is 0 Å². The minimum Gasteiger partial charge on any atom is -0.456 e. The molecule has 0 N–H and O–H groups in total. The van der Waals surface area contributed by atoms with Crippen molar-refractivity contribution in [2.45, 2.75) is 38.5 Å². The summed E-state index contributed by atoms with van der Waals surface area (Å²) in [6.07, 6.45) is 0. The number of hydrogen-bond acceptors (Lipinski definition) is 2. The van der Waals surface area contributed by atoms with E-state index in [-0.39, 0.29) is 10.8 Å². The van der Waals surface area contributed by atoms with Gasteiger partial charge in [-0.05, 0) is 93.5 Å². The van der Waals surface area contributed by atoms with Crippen LogP contribution in [0.3, 0.4) is 0 Å². The quantitative estimate of drug-likeness (QED) is 0.180. The van der Waals surface area contributed by atoms with Gasteiger partial charge in [0, 0.05) is 61.1 Å². The van der Waals surface area contributed by atoms with Crippen LogP contribution < -0.4 is 4.90 Å². The number of fused-ring (bicyclic) bond motifs is 12. The molecule has 3 heterocycles. The molecule has 57 heavy (non-hydrogen) atoms. The van der Waals surface area contributed by atoms with Gasteiger partial charge in [-0.25, -0.2) is 0 Å². The highest BCUT2D eigenvalue weighted by molar-refractivity contribution is 6.13. The van der Waals surface area contributed by atoms with Crippen molar-refractivity contribution in [2.75, 3.05) is 4.90 Å². The number of para-hydroxylation sites is 2. The fourth-order valence-corrected chi connectivity index (χ4v) is 10.4. The summed E-state index contributed by atoms with van der Waals surface area (Å²) in [6, 6.07) is 62.4. The first-order chi connectivity index (χ1) is 27.8. The SMILES string of the molecule is CC1(C)c2ccccc2-c2ccc3c(oc4cc(N(c5ccc(-c6ccccc6)cc5)c5ccc6c(c5)c5cccc7c5n6-c5ccccc5C7(C)C)ccc43)c21. The average Bonchev–Trinajstić information content (AvgIpc) is 3.86. The monoisotopic (exact) mass is 732 g/mol. The minimum atomic E-state index is -0.166. The van der Waals surface area contributed by atoms with E-state index in [1.165, 1.54) is 72.0 Å². The molecule has 1 aliphatic heterocycles. The number of nitrogens with zero attached hydrogens (tertiary/aromatic N) is 2. The zero-order chi connectivity index (χ0) is 38.2. The molecule has 0 spiro atoms. The van der Waals surface area contributed by atoms with E-state index < -0.39 is 0 Å². The van der Waals surface area contributed by atoms with Gasteiger partial charge in [-0.15, -0.1) is 0 Å². The van der Waals surface area contributed by atoms with E-state index in [0.717, 1.165) is 39.0 Å². The van der Waals surface area contributed by atoms with Crippen LogP contribution in [0.25, 0.3) is 71.7 Å². The number of hydrogen-bond donors (Lipinski definition) is 0. The summed E-state index contributed by atoms with van der Waals surface area (Å²) in [5, 5.41) is 4.81. The van der Waals surface area contributed by atoms with Gasteiger partial charge < -0.3 is 13.9 Å². The van der Waals surface area contributed by atoms with Crippen LogP contribution in [-0.2, 0) is 10.8 Å². The van der Waals surface area contributed by atoms with E-state index >= 15 is 0 Å². The molecule has 2 aliphatic rings. The van der Waals surface area contributed by atoms with E-state index in [4.69, 9.17) is 4.42 Å². The van der Waals surface area contributed by atoms with Crippen molar-refractivity contribution < 1.29 is 4.42 Å². The van der Waals surface area contributed by atoms with Crippen LogP contribution in [0, 0.1) is 0 Å². The van der Waals surface area contributed by atoms with Crippen LogP contribution in [-0.4, -0.2) is 4.57 Å². The normalized spacial score (nSPS) is 14.6. The second-order valence-corrected chi connectivity index (χ2v) is 16.9. The maximum Gasteiger partial charge on any atom is 0.140 e. The van der Waals surface area contributed by atoms with Crippen LogP contribution in [0.2, 0.25) is 0 Å². The lowest BCUT2D eigenvalue weighted by atomic mass is 9.75. The lowest BCUT2D eigenvalue weighted by Crippen LogP contribution is -2.26. The molecule has 3 nitrogen and oxygen atoms in total. The van der Waals surface area contributed by atoms with Crippen LogP contribution in [0.15, 0.2) is 174 Å². The molecule has 0 bridgehead atoms. The van der Waals surface area contributed by atoms with Gasteiger partial charge in [-0.1, -0.05) is 137 Å². The van der Waals surface area contributed by atoms with Crippen molar-refractivity contribution >= 4 is 60.8 Å². The molecule has 272 valence electrons. The summed E-state index contributed by atoms with van der Waals surface area (Å²) in [5.74, 6) is 0. The Morgan fingerprint density at radius 1 is 0.456 bits per heavy atom. The van der Waals surface area contributed by atoms with Gasteiger partial charge in [-0.3, -0.25) is 0 Å². The molecule has 1 aliphatic carbocycles. The molecule has 0 radical (unpaired) electrons. The van der Waals surface area contributed by atoms with E-state index in [1.54, 1.807) is 0 Å². The summed E-state index contributed by atoms with van der Waals surface area (Å²) >= 11 is 0. The third-order valence-electron chi connectivity index (χ3n) is 13.2. The molecule has 0 unspecified atom stereocenters. The fourth-order valence-electron chi connectivity index (χ4n) is 10.4. The van der Waals surface area contributed by atoms with Crippen LogP contribution >= 0.6 is 0 Å². The van der Waals surface area contributed by atoms with Gasteiger partial charge in [0.1, 0.15) is 11.2 Å². The Labute approximate surface area is 332 Å². The van der Waals surface area contributed by atoms with Crippen molar-refractivity contribution in [1.82, 2.24) is 4.57 Å². The summed E-state index contributed by atoms with van der Waals surface area (Å²) in [5.41, 5.74) is 18.9. The van der Waals surface area contributed by atoms with Crippen molar-refractivity contribution in [3.63, 3.8) is 0 Å². The molecule has 10 aromatic rings. The first-order valence-electron chi connectivity index (χ1n) is 20.0. The first-order valence-corrected chi connectivity index (χ1v) is 20.0. The molecule has 0 saturated heterocycles. The Bertz CT molecular complexity index is 3290. The highest BCUT2D eigenvalue weighted by Gasteiger charge is 2.39. The third kappa shape index (κ3) is 4.37. The topological polar surface area (TPSA) is 21.3 Å². The molecule has 0 fully saturated rings. The minimum absolute atomic E-state index is 0.115. The maximum absolute atomic E-state index is 6.99. The number of rotatable bonds is 4. The van der Waals surface area contributed by atoms with Gasteiger partial charge in [0.25, 0.3) is 0 Å². The molecule has 0 saturated carbocycles. The Kier molecular flexibility index (Phi) is 6.46. The van der Waals surface area contributed by atoms with Crippen molar-refractivity contribution in [1.29, 1.82) is 0 Å². The molecular formula is C54H40N2O. The second kappa shape index (κ2) is 11.4. The Balaban J connectivity index is 1.07. The third-order valence-corrected chi connectivity index (χ3v) is 13.2. The van der Waals surface area contributed by atoms with E-state index in [2.05, 4.69) is 207 Å². The lowest BCUT2D eigenvalue weighted by molar-refractivity contribution is 0.620. The molecule has 3 heteroatoms. The summed E-state index contributed by atoms with van der Waals surface area (Å²) in [7, 11) is 0. The van der Waals surface area contributed by atoms with Crippen LogP contribution in [0.4, 0.5) is 17.1 Å². The standard InChI is InChI=1S/C54H40N2O/c1-53(2)45-18-10-11-20-48(45)56-47-30-26-36(31-43(47)41-16-12-19-46(53)51(41)56)55(35-23-21-34(22-24-35)33-13-6-5-7-14-33)37-25-27-39-42-29-28-40-38-15-8-9-17-44(38)54(3,4)50(40)52(42)57-49(39)32-37/h5-32H,1-4H3. The van der Waals surface area contributed by atoms with E-state index in [0.29, 0.717) is 0 Å². The Morgan fingerprint density at radius 2 is 1.12 bits per heavy atom. The molecule has 0 atom stereocenters. The molecule has 0 amide bonds. The highest BCUT2D eigenvalue weighted by Crippen LogP contribution is 2.53. The largest absolute Gasteiger partial charge is 0.456 e. The molecule has 2 aromatic heterocycles. The number of anilines is 3. The van der Waals surface area contributed by atoms with Gasteiger partial charge in [0.15, 0.2) is 0 Å². The highest BCUT2D eigenvalue weighted by atomic mass is 16.3. The summed E-state index contributed by atoms with van der Waals surface area (Å²) in [6.45, 7) is 9.37. The lowest BCUT2D eigenvalue weighted by Gasteiger charge is -2.34. The zero-order valence-electron chi connectivity index (χ0n) is 32.5. The Morgan fingerprint density at radius 3 is 1.96 bits per heavy atom. The van der Waals surface area contributed by atoms with Crippen LogP contribution in [0.5, 0.6) is 0 Å². The maximum atomic E-state index is 6.99. The van der Waals surface area contributed by atoms with Crippen LogP contribution in [0.1, 0.15) is 49.9 Å². The van der Waals surface area contributed by atoms with Crippen molar-refractivity contribution in [2.24, 2.45) is 0 Å². The number of furan rings is 1. The van der Waals surface area contributed by atoms with Gasteiger partial charge in [0.05, 0.1) is 16.7 Å². The number of benzene rings is 8. The van der Waals surface area contributed by atoms with E-state index in [1.807, 2.05) is 0 Å². The predicted molar refractivity (Wildman–Crippen MR) is 238 cm³/mol. The zero-order valence-corrected chi connectivity index (χ0v) is 32.5. The van der Waals surface area contributed by atoms with Crippen molar-refractivity contribution in [3.05, 3.63) is 192 Å². The van der Waals surface area contributed by atoms with Gasteiger partial charge in [0.2, 0.25) is 0 Å². The Hall–Kier alpha value is -6.84. The smallest absolute Gasteiger partial charge is 0.140 e. The summed E-state index contributed by atoms with van der Waals surface area (Å²) in [4.78, 5) is 2.38. The van der Waals surface area contributed by atoms with E-state index in [9.17, 15) is 0 Å². The average molecular weight is 733 g/mol. The second-order valence-electron chi connectivity index (χ2n) is 16.9. The molecular weight excluding hydrogens is 693 g/mol. The fraction of sp³-hybridized carbons (Fsp3) is 0.111. The number of aromatic nitrogens is 1. The molecule has 12 rings (SSSR count). The van der Waals surface area contributed by atoms with Gasteiger partial charge in [-0.2, -0.15) is 0 Å². The van der Waals surface area contributed by atoms with Crippen molar-refractivity contribution in [3.8, 4) is 27.9 Å². The summed E-state index contributed by atoms with van der Waals surface area (Å²) < 4.78 is 9.48. The molecule has 8 aromatic carbocycles. The predicted octanol–water partition coefficient (Wildman–Crippen LogP) is 14.8.